The third-order valence-corrected chi connectivity index (χ3v) is 3.36. The number of carbonyl (C=O) groups excluding carboxylic acids is 1. The molecule has 0 spiro atoms. The van der Waals surface area contributed by atoms with Crippen molar-refractivity contribution in [2.45, 2.75) is 26.2 Å². The highest BCUT2D eigenvalue weighted by Gasteiger charge is 2.32. The molecular weight excluding hydrogens is 218 g/mol. The highest BCUT2D eigenvalue weighted by Crippen LogP contribution is 2.37. The minimum absolute atomic E-state index is 0.0661. The number of nitrogens with zero attached hydrogens (tertiary/aromatic N) is 1. The van der Waals surface area contributed by atoms with Crippen LogP contribution in [0.4, 0.5) is 5.69 Å². The van der Waals surface area contributed by atoms with E-state index in [1.807, 2.05) is 6.92 Å². The number of ketones is 1. The number of nitro benzene ring substituents is 1. The summed E-state index contributed by atoms with van der Waals surface area (Å²) in [5, 5.41) is 10.5. The number of hydrogen-bond donors (Lipinski definition) is 0. The molecule has 2 rings (SSSR count). The van der Waals surface area contributed by atoms with E-state index in [0.717, 1.165) is 18.4 Å². The first-order chi connectivity index (χ1) is 8.08. The van der Waals surface area contributed by atoms with E-state index in [9.17, 15) is 14.9 Å². The van der Waals surface area contributed by atoms with Crippen LogP contribution in [0.2, 0.25) is 0 Å². The lowest BCUT2D eigenvalue weighted by Crippen LogP contribution is -2.15. The van der Waals surface area contributed by atoms with Crippen molar-refractivity contribution >= 4 is 11.5 Å². The van der Waals surface area contributed by atoms with Gasteiger partial charge >= 0.3 is 0 Å². The first-order valence-corrected chi connectivity index (χ1v) is 5.84. The summed E-state index contributed by atoms with van der Waals surface area (Å²) in [6.45, 7) is 1.98. The van der Waals surface area contributed by atoms with E-state index in [1.54, 1.807) is 12.1 Å². The fourth-order valence-electron chi connectivity index (χ4n) is 1.96. The van der Waals surface area contributed by atoms with Crippen molar-refractivity contribution in [3.63, 3.8) is 0 Å². The molecule has 17 heavy (non-hydrogen) atoms. The first kappa shape index (κ1) is 11.8. The Labute approximate surface area is 99.8 Å². The maximum atomic E-state index is 11.9. The molecule has 4 heteroatoms. The van der Waals surface area contributed by atoms with Crippen molar-refractivity contribution in [1.29, 1.82) is 0 Å². The fourth-order valence-corrected chi connectivity index (χ4v) is 1.96. The summed E-state index contributed by atoms with van der Waals surface area (Å²) in [5.41, 5.74) is 0.921. The molecule has 0 N–H and O–H groups in total. The van der Waals surface area contributed by atoms with Gasteiger partial charge in [0.05, 0.1) is 4.92 Å². The quantitative estimate of drug-likeness (QED) is 0.580. The summed E-state index contributed by atoms with van der Waals surface area (Å²) in [6.07, 6.45) is 2.70. The highest BCUT2D eigenvalue weighted by molar-refractivity contribution is 5.83. The zero-order chi connectivity index (χ0) is 12.4. The number of benzene rings is 1. The van der Waals surface area contributed by atoms with Gasteiger partial charge in [0.1, 0.15) is 5.78 Å². The van der Waals surface area contributed by atoms with Gasteiger partial charge in [-0.05, 0) is 24.3 Å². The molecule has 4 nitrogen and oxygen atoms in total. The van der Waals surface area contributed by atoms with Gasteiger partial charge in [-0.2, -0.15) is 0 Å². The molecule has 0 aromatic heterocycles. The summed E-state index contributed by atoms with van der Waals surface area (Å²) in [4.78, 5) is 21.9. The Hall–Kier alpha value is -1.71. The molecule has 0 heterocycles. The van der Waals surface area contributed by atoms with Gasteiger partial charge in [-0.1, -0.05) is 19.1 Å². The number of nitro groups is 1. The second kappa shape index (κ2) is 4.65. The Morgan fingerprint density at radius 2 is 2.00 bits per heavy atom. The van der Waals surface area contributed by atoms with Gasteiger partial charge in [0, 0.05) is 24.5 Å². The van der Waals surface area contributed by atoms with Crippen LogP contribution >= 0.6 is 0 Å². The van der Waals surface area contributed by atoms with Crippen LogP contribution < -0.4 is 0 Å². The predicted octanol–water partition coefficient (Wildman–Crippen LogP) is 2.75. The average Bonchev–Trinajstić information content (AvgIpc) is 3.12. The van der Waals surface area contributed by atoms with Gasteiger partial charge in [-0.15, -0.1) is 0 Å². The van der Waals surface area contributed by atoms with E-state index in [2.05, 4.69) is 0 Å². The molecule has 1 atom stereocenters. The molecule has 1 fully saturated rings. The molecule has 0 bridgehead atoms. The Balaban J connectivity index is 1.98. The van der Waals surface area contributed by atoms with Gasteiger partial charge in [-0.25, -0.2) is 0 Å². The maximum absolute atomic E-state index is 11.9. The minimum Gasteiger partial charge on any atom is -0.299 e. The lowest BCUT2D eigenvalue weighted by atomic mass is 9.95. The zero-order valence-electron chi connectivity index (χ0n) is 9.76. The number of Topliss-reactive ketones (excluding diaryl/α,β-unsaturated/α-hetero) is 1. The number of carbonyl (C=O) groups is 1. The monoisotopic (exact) mass is 233 g/mol. The van der Waals surface area contributed by atoms with Crippen molar-refractivity contribution in [1.82, 2.24) is 0 Å². The van der Waals surface area contributed by atoms with Crippen LogP contribution in [0, 0.1) is 22.0 Å². The van der Waals surface area contributed by atoms with Gasteiger partial charge in [0.25, 0.3) is 5.69 Å². The van der Waals surface area contributed by atoms with Gasteiger partial charge in [0.2, 0.25) is 0 Å². The first-order valence-electron chi connectivity index (χ1n) is 5.84. The lowest BCUT2D eigenvalue weighted by molar-refractivity contribution is -0.384. The van der Waals surface area contributed by atoms with Crippen LogP contribution in [0.1, 0.15) is 25.3 Å². The van der Waals surface area contributed by atoms with Crippen molar-refractivity contribution in [3.05, 3.63) is 39.9 Å². The highest BCUT2D eigenvalue weighted by atomic mass is 16.6. The molecule has 1 aromatic carbocycles. The van der Waals surface area contributed by atoms with Crippen molar-refractivity contribution in [3.8, 4) is 0 Å². The molecule has 0 saturated heterocycles. The van der Waals surface area contributed by atoms with E-state index in [0.29, 0.717) is 12.3 Å². The zero-order valence-corrected chi connectivity index (χ0v) is 9.76. The van der Waals surface area contributed by atoms with Crippen LogP contribution in [-0.2, 0) is 11.2 Å². The third-order valence-electron chi connectivity index (χ3n) is 3.36. The second-order valence-electron chi connectivity index (χ2n) is 4.69. The van der Waals surface area contributed by atoms with Crippen LogP contribution in [0.25, 0.3) is 0 Å². The molecule has 1 aliphatic rings. The predicted molar refractivity (Wildman–Crippen MR) is 63.7 cm³/mol. The molecule has 1 saturated carbocycles. The summed E-state index contributed by atoms with van der Waals surface area (Å²) in [7, 11) is 0. The van der Waals surface area contributed by atoms with E-state index >= 15 is 0 Å². The summed E-state index contributed by atoms with van der Waals surface area (Å²) < 4.78 is 0. The SMILES string of the molecule is CC(C(=O)Cc1ccc([N+](=O)[O-])cc1)C1CC1. The molecule has 1 aromatic rings. The molecular formula is C13H15NO3. The van der Waals surface area contributed by atoms with Crippen molar-refractivity contribution in [2.24, 2.45) is 11.8 Å². The van der Waals surface area contributed by atoms with Crippen LogP contribution in [0.3, 0.4) is 0 Å². The summed E-state index contributed by atoms with van der Waals surface area (Å²) in [5.74, 6) is 0.937. The molecule has 0 amide bonds. The fraction of sp³-hybridized carbons (Fsp3) is 0.462. The molecule has 0 aliphatic heterocycles. The van der Waals surface area contributed by atoms with E-state index < -0.39 is 4.92 Å². The lowest BCUT2D eigenvalue weighted by Gasteiger charge is -2.08. The molecule has 90 valence electrons. The van der Waals surface area contributed by atoms with E-state index in [1.165, 1.54) is 12.1 Å². The minimum atomic E-state index is -0.432. The Bertz CT molecular complexity index is 434. The number of rotatable bonds is 5. The Morgan fingerprint density at radius 3 is 2.47 bits per heavy atom. The standard InChI is InChI=1S/C13H15NO3/c1-9(11-4-5-11)13(15)8-10-2-6-12(7-3-10)14(16)17/h2-3,6-7,9,11H,4-5,8H2,1H3. The summed E-state index contributed by atoms with van der Waals surface area (Å²) >= 11 is 0. The van der Waals surface area contributed by atoms with Gasteiger partial charge < -0.3 is 0 Å². The number of hydrogen-bond acceptors (Lipinski definition) is 3. The third kappa shape index (κ3) is 2.90. The molecule has 0 radical (unpaired) electrons. The van der Waals surface area contributed by atoms with Crippen molar-refractivity contribution < 1.29 is 9.72 Å². The van der Waals surface area contributed by atoms with Crippen LogP contribution in [0.5, 0.6) is 0 Å². The second-order valence-corrected chi connectivity index (χ2v) is 4.69. The van der Waals surface area contributed by atoms with Gasteiger partial charge in [0.15, 0.2) is 0 Å². The van der Waals surface area contributed by atoms with Crippen molar-refractivity contribution in [2.75, 3.05) is 0 Å². The number of non-ortho nitro benzene ring substituents is 1. The van der Waals surface area contributed by atoms with E-state index in [-0.39, 0.29) is 17.4 Å². The van der Waals surface area contributed by atoms with Gasteiger partial charge in [-0.3, -0.25) is 14.9 Å². The molecule has 1 unspecified atom stereocenters. The maximum Gasteiger partial charge on any atom is 0.269 e. The van der Waals surface area contributed by atoms with Crippen LogP contribution in [0.15, 0.2) is 24.3 Å². The topological polar surface area (TPSA) is 60.2 Å². The Kier molecular flexibility index (Phi) is 3.22. The van der Waals surface area contributed by atoms with E-state index in [4.69, 9.17) is 0 Å². The average molecular weight is 233 g/mol. The largest absolute Gasteiger partial charge is 0.299 e. The Morgan fingerprint density at radius 1 is 1.41 bits per heavy atom. The molecule has 1 aliphatic carbocycles. The smallest absolute Gasteiger partial charge is 0.269 e. The summed E-state index contributed by atoms with van der Waals surface area (Å²) in [6, 6.07) is 6.22. The van der Waals surface area contributed by atoms with Crippen LogP contribution in [-0.4, -0.2) is 10.7 Å². The normalized spacial score (nSPS) is 16.5.